The Morgan fingerprint density at radius 1 is 0.963 bits per heavy atom. The summed E-state index contributed by atoms with van der Waals surface area (Å²) in [5, 5.41) is 2.92. The van der Waals surface area contributed by atoms with Crippen molar-refractivity contribution < 1.29 is 28.5 Å². The molecule has 0 aliphatic carbocycles. The van der Waals surface area contributed by atoms with E-state index in [1.54, 1.807) is 30.3 Å². The van der Waals surface area contributed by atoms with Crippen LogP contribution in [0.1, 0.15) is 15.9 Å². The minimum atomic E-state index is -0.667. The standard InChI is InChI=1S/C19H20ClNO6/c1-24-15-9-17(26-3)16(25-2)8-12(15)10-21-18(22)11-27-19(23)13-6-4-5-7-14(13)20/h4-9H,10-11H2,1-3H3,(H,21,22). The van der Waals surface area contributed by atoms with Crippen LogP contribution in [0.2, 0.25) is 5.02 Å². The van der Waals surface area contributed by atoms with E-state index in [1.807, 2.05) is 0 Å². The lowest BCUT2D eigenvalue weighted by Gasteiger charge is -2.14. The average molecular weight is 394 g/mol. The van der Waals surface area contributed by atoms with Gasteiger partial charge in [-0.2, -0.15) is 0 Å². The van der Waals surface area contributed by atoms with E-state index in [0.717, 1.165) is 0 Å². The van der Waals surface area contributed by atoms with Crippen molar-refractivity contribution in [2.24, 2.45) is 0 Å². The molecular formula is C19H20ClNO6. The molecule has 0 aliphatic heterocycles. The summed E-state index contributed by atoms with van der Waals surface area (Å²) in [5.41, 5.74) is 0.884. The highest BCUT2D eigenvalue weighted by Crippen LogP contribution is 2.34. The van der Waals surface area contributed by atoms with Crippen molar-refractivity contribution in [3.63, 3.8) is 0 Å². The Labute approximate surface area is 162 Å². The fourth-order valence-electron chi connectivity index (χ4n) is 2.31. The molecule has 1 amide bonds. The van der Waals surface area contributed by atoms with E-state index in [2.05, 4.69) is 5.32 Å². The second-order valence-corrected chi connectivity index (χ2v) is 5.76. The Morgan fingerprint density at radius 2 is 1.59 bits per heavy atom. The second kappa shape index (κ2) is 9.68. The lowest BCUT2D eigenvalue weighted by Crippen LogP contribution is -2.28. The van der Waals surface area contributed by atoms with E-state index in [0.29, 0.717) is 22.8 Å². The first-order chi connectivity index (χ1) is 13.0. The van der Waals surface area contributed by atoms with Crippen molar-refractivity contribution in [1.82, 2.24) is 5.32 Å². The number of hydrogen-bond acceptors (Lipinski definition) is 6. The van der Waals surface area contributed by atoms with Crippen molar-refractivity contribution in [2.75, 3.05) is 27.9 Å². The van der Waals surface area contributed by atoms with Gasteiger partial charge < -0.3 is 24.3 Å². The predicted molar refractivity (Wildman–Crippen MR) is 99.7 cm³/mol. The highest BCUT2D eigenvalue weighted by Gasteiger charge is 2.15. The SMILES string of the molecule is COc1cc(OC)c(OC)cc1CNC(=O)COC(=O)c1ccccc1Cl. The molecule has 2 aromatic carbocycles. The molecule has 1 N–H and O–H groups in total. The Kier molecular flexibility index (Phi) is 7.31. The zero-order valence-electron chi connectivity index (χ0n) is 15.2. The largest absolute Gasteiger partial charge is 0.496 e. The van der Waals surface area contributed by atoms with Crippen LogP contribution in [-0.4, -0.2) is 39.8 Å². The summed E-state index contributed by atoms with van der Waals surface area (Å²) in [4.78, 5) is 24.0. The van der Waals surface area contributed by atoms with Gasteiger partial charge >= 0.3 is 5.97 Å². The molecule has 0 bridgehead atoms. The molecule has 0 aromatic heterocycles. The number of halogens is 1. The van der Waals surface area contributed by atoms with Crippen LogP contribution >= 0.6 is 11.6 Å². The molecule has 0 unspecified atom stereocenters. The number of carbonyl (C=O) groups excluding carboxylic acids is 2. The Balaban J connectivity index is 1.95. The van der Waals surface area contributed by atoms with Gasteiger partial charge in [0.05, 0.1) is 31.9 Å². The lowest BCUT2D eigenvalue weighted by atomic mass is 10.1. The summed E-state index contributed by atoms with van der Waals surface area (Å²) in [6.45, 7) is -0.272. The van der Waals surface area contributed by atoms with E-state index >= 15 is 0 Å². The zero-order chi connectivity index (χ0) is 19.8. The minimum absolute atomic E-state index is 0.159. The first-order valence-electron chi connectivity index (χ1n) is 7.97. The summed E-state index contributed by atoms with van der Waals surface area (Å²) in [7, 11) is 4.55. The van der Waals surface area contributed by atoms with Gasteiger partial charge in [0, 0.05) is 18.2 Å². The highest BCUT2D eigenvalue weighted by atomic mass is 35.5. The van der Waals surface area contributed by atoms with Gasteiger partial charge in [0.15, 0.2) is 18.1 Å². The van der Waals surface area contributed by atoms with Gasteiger partial charge in [-0.25, -0.2) is 4.79 Å². The normalized spacial score (nSPS) is 10.1. The molecule has 2 rings (SSSR count). The number of rotatable bonds is 8. The lowest BCUT2D eigenvalue weighted by molar-refractivity contribution is -0.124. The van der Waals surface area contributed by atoms with Crippen LogP contribution in [-0.2, 0) is 16.1 Å². The third kappa shape index (κ3) is 5.27. The third-order valence-electron chi connectivity index (χ3n) is 3.69. The van der Waals surface area contributed by atoms with Gasteiger partial charge in [-0.15, -0.1) is 0 Å². The van der Waals surface area contributed by atoms with Crippen molar-refractivity contribution >= 4 is 23.5 Å². The molecule has 8 heteroatoms. The van der Waals surface area contributed by atoms with E-state index in [9.17, 15) is 9.59 Å². The van der Waals surface area contributed by atoms with Crippen LogP contribution in [0.4, 0.5) is 0 Å². The van der Waals surface area contributed by atoms with Crippen LogP contribution in [0, 0.1) is 0 Å². The molecule has 0 fully saturated rings. The molecule has 0 radical (unpaired) electrons. The van der Waals surface area contributed by atoms with Gasteiger partial charge in [0.1, 0.15) is 5.75 Å². The monoisotopic (exact) mass is 393 g/mol. The molecule has 2 aromatic rings. The average Bonchev–Trinajstić information content (AvgIpc) is 2.69. The van der Waals surface area contributed by atoms with Gasteiger partial charge in [-0.05, 0) is 18.2 Å². The predicted octanol–water partition coefficient (Wildman–Crippen LogP) is 2.84. The Bertz CT molecular complexity index is 824. The van der Waals surface area contributed by atoms with Crippen molar-refractivity contribution in [3.8, 4) is 17.2 Å². The molecule has 0 saturated carbocycles. The van der Waals surface area contributed by atoms with Crippen molar-refractivity contribution in [2.45, 2.75) is 6.54 Å². The van der Waals surface area contributed by atoms with Crippen LogP contribution in [0.15, 0.2) is 36.4 Å². The maximum absolute atomic E-state index is 12.0. The van der Waals surface area contributed by atoms with E-state index < -0.39 is 18.5 Å². The van der Waals surface area contributed by atoms with Crippen LogP contribution in [0.25, 0.3) is 0 Å². The van der Waals surface area contributed by atoms with Crippen LogP contribution in [0.3, 0.4) is 0 Å². The summed E-state index contributed by atoms with van der Waals surface area (Å²) < 4.78 is 20.8. The van der Waals surface area contributed by atoms with Gasteiger partial charge in [-0.1, -0.05) is 23.7 Å². The molecule has 7 nitrogen and oxygen atoms in total. The molecule has 0 atom stereocenters. The second-order valence-electron chi connectivity index (χ2n) is 5.35. The number of carbonyl (C=O) groups is 2. The maximum atomic E-state index is 12.0. The topological polar surface area (TPSA) is 83.1 Å². The molecule has 144 valence electrons. The molecule has 27 heavy (non-hydrogen) atoms. The molecular weight excluding hydrogens is 374 g/mol. The van der Waals surface area contributed by atoms with Gasteiger partial charge in [0.2, 0.25) is 0 Å². The fraction of sp³-hybridized carbons (Fsp3) is 0.263. The minimum Gasteiger partial charge on any atom is -0.496 e. The van der Waals surface area contributed by atoms with Gasteiger partial charge in [0.25, 0.3) is 5.91 Å². The van der Waals surface area contributed by atoms with Crippen LogP contribution < -0.4 is 19.5 Å². The summed E-state index contributed by atoms with van der Waals surface area (Å²) in [5.74, 6) is 0.415. The number of nitrogens with one attached hydrogen (secondary N) is 1. The Morgan fingerprint density at radius 3 is 2.22 bits per heavy atom. The number of esters is 1. The van der Waals surface area contributed by atoms with E-state index in [1.165, 1.54) is 27.4 Å². The maximum Gasteiger partial charge on any atom is 0.340 e. The van der Waals surface area contributed by atoms with Crippen LogP contribution in [0.5, 0.6) is 17.2 Å². The number of hydrogen-bond donors (Lipinski definition) is 1. The van der Waals surface area contributed by atoms with Gasteiger partial charge in [-0.3, -0.25) is 4.79 Å². The molecule has 0 saturated heterocycles. The van der Waals surface area contributed by atoms with E-state index in [-0.39, 0.29) is 17.1 Å². The van der Waals surface area contributed by atoms with E-state index in [4.69, 9.17) is 30.5 Å². The molecule has 0 aliphatic rings. The summed E-state index contributed by atoms with van der Waals surface area (Å²) in [6, 6.07) is 9.82. The number of ether oxygens (including phenoxy) is 4. The first kappa shape index (κ1) is 20.4. The first-order valence-corrected chi connectivity index (χ1v) is 8.35. The quantitative estimate of drug-likeness (QED) is 0.694. The number of benzene rings is 2. The number of amides is 1. The van der Waals surface area contributed by atoms with Crippen molar-refractivity contribution in [1.29, 1.82) is 0 Å². The summed E-state index contributed by atoms with van der Waals surface area (Å²) in [6.07, 6.45) is 0. The smallest absolute Gasteiger partial charge is 0.340 e. The molecule has 0 heterocycles. The number of methoxy groups -OCH3 is 3. The highest BCUT2D eigenvalue weighted by molar-refractivity contribution is 6.33. The zero-order valence-corrected chi connectivity index (χ0v) is 16.0. The third-order valence-corrected chi connectivity index (χ3v) is 4.02. The Hall–Kier alpha value is -2.93. The van der Waals surface area contributed by atoms with Crippen molar-refractivity contribution in [3.05, 3.63) is 52.5 Å². The summed E-state index contributed by atoms with van der Waals surface area (Å²) >= 11 is 5.92. The fourth-order valence-corrected chi connectivity index (χ4v) is 2.52. The molecule has 0 spiro atoms.